The standard InChI is InChI=1S/C18H21ClN2O/c1-12-7-9-15-14(8-10-16(19)21-15)17(12)18(22)20-11-13-5-3-2-4-6-13/h7-10,13H,2-6,11H2,1H3,(H,20,22). The van der Waals surface area contributed by atoms with Crippen molar-refractivity contribution in [3.8, 4) is 0 Å². The summed E-state index contributed by atoms with van der Waals surface area (Å²) in [7, 11) is 0. The van der Waals surface area contributed by atoms with Gasteiger partial charge in [0.05, 0.1) is 11.1 Å². The quantitative estimate of drug-likeness (QED) is 0.847. The van der Waals surface area contributed by atoms with Crippen LogP contribution in [0, 0.1) is 12.8 Å². The van der Waals surface area contributed by atoms with Crippen molar-refractivity contribution in [1.29, 1.82) is 0 Å². The van der Waals surface area contributed by atoms with Crippen molar-refractivity contribution in [3.05, 3.63) is 40.5 Å². The Bertz CT molecular complexity index is 693. The third-order valence-electron chi connectivity index (χ3n) is 4.55. The van der Waals surface area contributed by atoms with Crippen LogP contribution >= 0.6 is 11.6 Å². The van der Waals surface area contributed by atoms with Gasteiger partial charge in [-0.1, -0.05) is 36.9 Å². The summed E-state index contributed by atoms with van der Waals surface area (Å²) in [6.45, 7) is 2.74. The van der Waals surface area contributed by atoms with E-state index in [9.17, 15) is 4.79 Å². The van der Waals surface area contributed by atoms with Gasteiger partial charge in [-0.3, -0.25) is 4.79 Å². The minimum absolute atomic E-state index is 0.00204. The highest BCUT2D eigenvalue weighted by molar-refractivity contribution is 6.29. The summed E-state index contributed by atoms with van der Waals surface area (Å²) in [4.78, 5) is 16.9. The van der Waals surface area contributed by atoms with Crippen LogP contribution in [0.3, 0.4) is 0 Å². The summed E-state index contributed by atoms with van der Waals surface area (Å²) in [6.07, 6.45) is 6.36. The maximum atomic E-state index is 12.6. The Morgan fingerprint density at radius 2 is 2.00 bits per heavy atom. The van der Waals surface area contributed by atoms with Gasteiger partial charge >= 0.3 is 0 Å². The van der Waals surface area contributed by atoms with Gasteiger partial charge in [0.1, 0.15) is 5.15 Å². The lowest BCUT2D eigenvalue weighted by molar-refractivity contribution is 0.0944. The summed E-state index contributed by atoms with van der Waals surface area (Å²) in [5, 5.41) is 4.43. The number of fused-ring (bicyclic) bond motifs is 1. The second-order valence-corrected chi connectivity index (χ2v) is 6.56. The van der Waals surface area contributed by atoms with Crippen molar-refractivity contribution in [2.75, 3.05) is 6.54 Å². The lowest BCUT2D eigenvalue weighted by Crippen LogP contribution is -2.30. The number of nitrogens with zero attached hydrogens (tertiary/aromatic N) is 1. The van der Waals surface area contributed by atoms with E-state index in [-0.39, 0.29) is 5.91 Å². The van der Waals surface area contributed by atoms with Crippen LogP contribution < -0.4 is 5.32 Å². The van der Waals surface area contributed by atoms with Gasteiger partial charge in [0.2, 0.25) is 0 Å². The fraction of sp³-hybridized carbons (Fsp3) is 0.444. The Balaban J connectivity index is 1.82. The molecule has 0 atom stereocenters. The molecule has 1 fully saturated rings. The van der Waals surface area contributed by atoms with Crippen molar-refractivity contribution in [3.63, 3.8) is 0 Å². The molecular weight excluding hydrogens is 296 g/mol. The number of hydrogen-bond donors (Lipinski definition) is 1. The molecule has 0 unspecified atom stereocenters. The fourth-order valence-corrected chi connectivity index (χ4v) is 3.46. The molecule has 3 nitrogen and oxygen atoms in total. The first-order chi connectivity index (χ1) is 10.6. The highest BCUT2D eigenvalue weighted by Gasteiger charge is 2.17. The molecule has 4 heteroatoms. The predicted octanol–water partition coefficient (Wildman–Crippen LogP) is 4.51. The molecule has 0 saturated heterocycles. The van der Waals surface area contributed by atoms with Crippen LogP contribution in [-0.4, -0.2) is 17.4 Å². The number of aryl methyl sites for hydroxylation is 1. The van der Waals surface area contributed by atoms with Gasteiger partial charge in [-0.15, -0.1) is 0 Å². The average Bonchev–Trinajstić information content (AvgIpc) is 2.54. The SMILES string of the molecule is Cc1ccc2nc(Cl)ccc2c1C(=O)NCC1CCCCC1. The average molecular weight is 317 g/mol. The Kier molecular flexibility index (Phi) is 4.63. The third-order valence-corrected chi connectivity index (χ3v) is 4.76. The number of benzene rings is 1. The van der Waals surface area contributed by atoms with Crippen LogP contribution in [0.15, 0.2) is 24.3 Å². The summed E-state index contributed by atoms with van der Waals surface area (Å²) in [6, 6.07) is 7.46. The molecule has 116 valence electrons. The zero-order valence-electron chi connectivity index (χ0n) is 12.9. The first-order valence-electron chi connectivity index (χ1n) is 7.99. The molecule has 1 saturated carbocycles. The molecule has 2 aromatic rings. The van der Waals surface area contributed by atoms with Gasteiger partial charge in [-0.2, -0.15) is 0 Å². The van der Waals surface area contributed by atoms with Crippen LogP contribution in [0.5, 0.6) is 0 Å². The molecule has 1 aliphatic carbocycles. The van der Waals surface area contributed by atoms with Crippen molar-refractivity contribution < 1.29 is 4.79 Å². The van der Waals surface area contributed by atoms with E-state index in [1.165, 1.54) is 32.1 Å². The van der Waals surface area contributed by atoms with E-state index in [1.54, 1.807) is 6.07 Å². The lowest BCUT2D eigenvalue weighted by Gasteiger charge is -2.22. The molecule has 0 radical (unpaired) electrons. The van der Waals surface area contributed by atoms with Crippen LogP contribution in [0.25, 0.3) is 10.9 Å². The van der Waals surface area contributed by atoms with E-state index in [1.807, 2.05) is 25.1 Å². The van der Waals surface area contributed by atoms with E-state index in [4.69, 9.17) is 11.6 Å². The summed E-state index contributed by atoms with van der Waals surface area (Å²) < 4.78 is 0. The largest absolute Gasteiger partial charge is 0.352 e. The van der Waals surface area contributed by atoms with Gasteiger partial charge in [-0.25, -0.2) is 4.98 Å². The molecular formula is C18H21ClN2O. The van der Waals surface area contributed by atoms with E-state index in [0.29, 0.717) is 11.1 Å². The van der Waals surface area contributed by atoms with Crippen LogP contribution in [0.1, 0.15) is 48.0 Å². The molecule has 1 amide bonds. The number of aromatic nitrogens is 1. The first-order valence-corrected chi connectivity index (χ1v) is 8.37. The zero-order chi connectivity index (χ0) is 15.5. The van der Waals surface area contributed by atoms with E-state index < -0.39 is 0 Å². The number of halogens is 1. The molecule has 0 spiro atoms. The van der Waals surface area contributed by atoms with Crippen molar-refractivity contribution >= 4 is 28.4 Å². The molecule has 1 N–H and O–H groups in total. The van der Waals surface area contributed by atoms with Gasteiger partial charge < -0.3 is 5.32 Å². The first kappa shape index (κ1) is 15.3. The molecule has 1 aromatic carbocycles. The monoisotopic (exact) mass is 316 g/mol. The van der Waals surface area contributed by atoms with Crippen LogP contribution in [0.2, 0.25) is 5.15 Å². The maximum absolute atomic E-state index is 12.6. The number of amides is 1. The number of pyridine rings is 1. The van der Waals surface area contributed by atoms with Crippen molar-refractivity contribution in [2.45, 2.75) is 39.0 Å². The molecule has 0 bridgehead atoms. The summed E-state index contributed by atoms with van der Waals surface area (Å²) in [5.74, 6) is 0.623. The highest BCUT2D eigenvalue weighted by atomic mass is 35.5. The van der Waals surface area contributed by atoms with E-state index in [2.05, 4.69) is 10.3 Å². The molecule has 1 aliphatic rings. The Hall–Kier alpha value is -1.61. The van der Waals surface area contributed by atoms with E-state index in [0.717, 1.165) is 28.6 Å². The van der Waals surface area contributed by atoms with Gasteiger partial charge in [0, 0.05) is 11.9 Å². The second-order valence-electron chi connectivity index (χ2n) is 6.17. The molecule has 1 aromatic heterocycles. The fourth-order valence-electron chi connectivity index (χ4n) is 3.31. The number of carbonyl (C=O) groups excluding carboxylic acids is 1. The Morgan fingerprint density at radius 3 is 2.77 bits per heavy atom. The molecule has 3 rings (SSSR count). The smallest absolute Gasteiger partial charge is 0.252 e. The zero-order valence-corrected chi connectivity index (χ0v) is 13.6. The maximum Gasteiger partial charge on any atom is 0.252 e. The van der Waals surface area contributed by atoms with Gasteiger partial charge in [0.15, 0.2) is 0 Å². The Morgan fingerprint density at radius 1 is 1.23 bits per heavy atom. The second kappa shape index (κ2) is 6.66. The minimum atomic E-state index is -0.00204. The van der Waals surface area contributed by atoms with Gasteiger partial charge in [0.25, 0.3) is 5.91 Å². The number of rotatable bonds is 3. The van der Waals surface area contributed by atoms with Gasteiger partial charge in [-0.05, 0) is 49.4 Å². The van der Waals surface area contributed by atoms with Crippen molar-refractivity contribution in [1.82, 2.24) is 10.3 Å². The van der Waals surface area contributed by atoms with Crippen LogP contribution in [-0.2, 0) is 0 Å². The molecule has 22 heavy (non-hydrogen) atoms. The predicted molar refractivity (Wildman–Crippen MR) is 90.4 cm³/mol. The Labute approximate surface area is 136 Å². The topological polar surface area (TPSA) is 42.0 Å². The summed E-state index contributed by atoms with van der Waals surface area (Å²) >= 11 is 5.94. The van der Waals surface area contributed by atoms with E-state index >= 15 is 0 Å². The van der Waals surface area contributed by atoms with Crippen molar-refractivity contribution in [2.24, 2.45) is 5.92 Å². The summed E-state index contributed by atoms with van der Waals surface area (Å²) in [5.41, 5.74) is 2.45. The highest BCUT2D eigenvalue weighted by Crippen LogP contribution is 2.25. The third kappa shape index (κ3) is 3.25. The van der Waals surface area contributed by atoms with Crippen LogP contribution in [0.4, 0.5) is 0 Å². The minimum Gasteiger partial charge on any atom is -0.352 e. The lowest BCUT2D eigenvalue weighted by atomic mass is 9.89. The normalized spacial score (nSPS) is 15.9. The number of nitrogens with one attached hydrogen (secondary N) is 1. The molecule has 1 heterocycles. The molecule has 0 aliphatic heterocycles. The number of hydrogen-bond acceptors (Lipinski definition) is 2. The number of carbonyl (C=O) groups is 1.